The van der Waals surface area contributed by atoms with E-state index in [9.17, 15) is 9.18 Å². The zero-order chi connectivity index (χ0) is 23.6. The van der Waals surface area contributed by atoms with Crippen molar-refractivity contribution in [1.29, 1.82) is 0 Å². The quantitative estimate of drug-likeness (QED) is 0.312. The summed E-state index contributed by atoms with van der Waals surface area (Å²) in [6, 6.07) is 19.7. The van der Waals surface area contributed by atoms with Gasteiger partial charge in [0, 0.05) is 12.5 Å². The highest BCUT2D eigenvalue weighted by atomic mass is 19.1. The van der Waals surface area contributed by atoms with Crippen molar-refractivity contribution in [2.75, 3.05) is 6.61 Å². The van der Waals surface area contributed by atoms with Gasteiger partial charge in [-0.3, -0.25) is 4.79 Å². The molecule has 0 aliphatic carbocycles. The molecular formula is C27H29FO5. The van der Waals surface area contributed by atoms with Gasteiger partial charge in [-0.05, 0) is 74.7 Å². The van der Waals surface area contributed by atoms with Crippen molar-refractivity contribution >= 4 is 5.97 Å². The average molecular weight is 453 g/mol. The lowest BCUT2D eigenvalue weighted by atomic mass is 10.1. The summed E-state index contributed by atoms with van der Waals surface area (Å²) in [6.45, 7) is 6.12. The molecule has 3 rings (SSSR count). The van der Waals surface area contributed by atoms with Gasteiger partial charge in [0.15, 0.2) is 11.6 Å². The average Bonchev–Trinajstić information content (AvgIpc) is 2.77. The fourth-order valence-electron chi connectivity index (χ4n) is 3.20. The molecule has 0 N–H and O–H groups in total. The van der Waals surface area contributed by atoms with Crippen LogP contribution in [0.25, 0.3) is 0 Å². The normalized spacial score (nSPS) is 10.7. The molecule has 3 aromatic carbocycles. The summed E-state index contributed by atoms with van der Waals surface area (Å²) in [5.41, 5.74) is 1.49. The predicted molar refractivity (Wildman–Crippen MR) is 124 cm³/mol. The Balaban J connectivity index is 1.69. The largest absolute Gasteiger partial charge is 0.491 e. The monoisotopic (exact) mass is 452 g/mol. The third-order valence-corrected chi connectivity index (χ3v) is 4.60. The van der Waals surface area contributed by atoms with Crippen molar-refractivity contribution in [1.82, 2.24) is 0 Å². The first-order valence-corrected chi connectivity index (χ1v) is 11.0. The molecule has 0 spiro atoms. The van der Waals surface area contributed by atoms with Gasteiger partial charge < -0.3 is 18.9 Å². The lowest BCUT2D eigenvalue weighted by molar-refractivity contribution is -0.143. The van der Waals surface area contributed by atoms with Crippen LogP contribution in [0.4, 0.5) is 4.39 Å². The van der Waals surface area contributed by atoms with E-state index in [0.717, 1.165) is 5.56 Å². The van der Waals surface area contributed by atoms with Gasteiger partial charge in [0.25, 0.3) is 0 Å². The number of aryl methyl sites for hydroxylation is 1. The Morgan fingerprint density at radius 1 is 0.909 bits per heavy atom. The van der Waals surface area contributed by atoms with Crippen LogP contribution in [-0.2, 0) is 22.6 Å². The first kappa shape index (κ1) is 24.1. The zero-order valence-electron chi connectivity index (χ0n) is 19.2. The maximum absolute atomic E-state index is 14.6. The summed E-state index contributed by atoms with van der Waals surface area (Å²) in [5, 5.41) is 0. The van der Waals surface area contributed by atoms with Crippen LogP contribution in [0.1, 0.15) is 38.3 Å². The summed E-state index contributed by atoms with van der Waals surface area (Å²) in [7, 11) is 0. The number of ether oxygens (including phenoxy) is 4. The molecule has 5 nitrogen and oxygen atoms in total. The van der Waals surface area contributed by atoms with Gasteiger partial charge in [0.2, 0.25) is 0 Å². The minimum Gasteiger partial charge on any atom is -0.491 e. The van der Waals surface area contributed by atoms with Gasteiger partial charge in [0.05, 0.1) is 12.7 Å². The second-order valence-corrected chi connectivity index (χ2v) is 7.75. The van der Waals surface area contributed by atoms with E-state index in [0.29, 0.717) is 35.8 Å². The van der Waals surface area contributed by atoms with Gasteiger partial charge in [-0.25, -0.2) is 4.39 Å². The van der Waals surface area contributed by atoms with Crippen LogP contribution in [0.5, 0.6) is 23.0 Å². The van der Waals surface area contributed by atoms with Crippen LogP contribution >= 0.6 is 0 Å². The van der Waals surface area contributed by atoms with E-state index < -0.39 is 5.82 Å². The van der Waals surface area contributed by atoms with E-state index in [1.165, 1.54) is 6.07 Å². The number of carbonyl (C=O) groups is 1. The Kier molecular flexibility index (Phi) is 8.70. The molecule has 0 amide bonds. The lowest BCUT2D eigenvalue weighted by Crippen LogP contribution is -2.07. The smallest absolute Gasteiger partial charge is 0.306 e. The van der Waals surface area contributed by atoms with Crippen molar-refractivity contribution in [3.8, 4) is 23.0 Å². The number of carbonyl (C=O) groups excluding carboxylic acids is 1. The number of rotatable bonds is 11. The number of para-hydroxylation sites is 1. The number of benzene rings is 3. The Labute approximate surface area is 194 Å². The fourth-order valence-corrected chi connectivity index (χ4v) is 3.20. The van der Waals surface area contributed by atoms with Gasteiger partial charge in [-0.2, -0.15) is 0 Å². The van der Waals surface area contributed by atoms with Gasteiger partial charge in [0.1, 0.15) is 23.9 Å². The van der Waals surface area contributed by atoms with Crippen LogP contribution in [-0.4, -0.2) is 18.7 Å². The van der Waals surface area contributed by atoms with E-state index >= 15 is 0 Å². The van der Waals surface area contributed by atoms with E-state index in [4.69, 9.17) is 18.9 Å². The molecule has 0 unspecified atom stereocenters. The van der Waals surface area contributed by atoms with E-state index in [2.05, 4.69) is 0 Å². The van der Waals surface area contributed by atoms with Crippen LogP contribution in [0, 0.1) is 5.82 Å². The van der Waals surface area contributed by atoms with E-state index in [1.807, 2.05) is 62.4 Å². The van der Waals surface area contributed by atoms with Crippen LogP contribution in [0.15, 0.2) is 66.7 Å². The molecule has 0 fully saturated rings. The van der Waals surface area contributed by atoms with Crippen molar-refractivity contribution in [3.63, 3.8) is 0 Å². The van der Waals surface area contributed by atoms with Gasteiger partial charge in [-0.15, -0.1) is 0 Å². The Hall–Kier alpha value is -3.54. The van der Waals surface area contributed by atoms with E-state index in [1.54, 1.807) is 19.1 Å². The maximum Gasteiger partial charge on any atom is 0.306 e. The molecule has 174 valence electrons. The number of halogens is 1. The standard InChI is InChI=1S/C27H29FO5/c1-4-30-27(29)13-11-20-10-12-26(25(28)16-20)31-18-21-14-23(32-19(2)3)17-24(15-21)33-22-8-6-5-7-9-22/h5-10,12,14-17,19H,4,11,13,18H2,1-3H3. The van der Waals surface area contributed by atoms with Gasteiger partial charge >= 0.3 is 5.97 Å². The second kappa shape index (κ2) is 11.9. The van der Waals surface area contributed by atoms with Crippen molar-refractivity contribution < 1.29 is 28.1 Å². The Morgan fingerprint density at radius 3 is 2.36 bits per heavy atom. The van der Waals surface area contributed by atoms with Crippen LogP contribution in [0.2, 0.25) is 0 Å². The summed E-state index contributed by atoms with van der Waals surface area (Å²) in [5.74, 6) is 1.31. The van der Waals surface area contributed by atoms with Crippen LogP contribution < -0.4 is 14.2 Å². The highest BCUT2D eigenvalue weighted by molar-refractivity contribution is 5.69. The molecule has 0 saturated carbocycles. The Morgan fingerprint density at radius 2 is 1.67 bits per heavy atom. The summed E-state index contributed by atoms with van der Waals surface area (Å²) in [4.78, 5) is 11.5. The second-order valence-electron chi connectivity index (χ2n) is 7.75. The molecule has 0 saturated heterocycles. The van der Waals surface area contributed by atoms with Gasteiger partial charge in [-0.1, -0.05) is 24.3 Å². The van der Waals surface area contributed by atoms with Crippen molar-refractivity contribution in [3.05, 3.63) is 83.7 Å². The molecule has 0 aromatic heterocycles. The Bertz CT molecular complexity index is 1050. The van der Waals surface area contributed by atoms with Crippen molar-refractivity contribution in [2.24, 2.45) is 0 Å². The van der Waals surface area contributed by atoms with E-state index in [-0.39, 0.29) is 30.9 Å². The summed E-state index contributed by atoms with van der Waals surface area (Å²) >= 11 is 0. The number of hydrogen-bond acceptors (Lipinski definition) is 5. The summed E-state index contributed by atoms with van der Waals surface area (Å²) in [6.07, 6.45) is 0.607. The molecule has 0 radical (unpaired) electrons. The minimum atomic E-state index is -0.480. The third kappa shape index (κ3) is 7.83. The summed E-state index contributed by atoms with van der Waals surface area (Å²) < 4.78 is 37.0. The molecular weight excluding hydrogens is 423 g/mol. The fraction of sp³-hybridized carbons (Fsp3) is 0.296. The SMILES string of the molecule is CCOC(=O)CCc1ccc(OCc2cc(Oc3ccccc3)cc(OC(C)C)c2)c(F)c1. The molecule has 0 aliphatic heterocycles. The lowest BCUT2D eigenvalue weighted by Gasteiger charge is -2.15. The topological polar surface area (TPSA) is 54.0 Å². The molecule has 0 bridgehead atoms. The third-order valence-electron chi connectivity index (χ3n) is 4.60. The highest BCUT2D eigenvalue weighted by Crippen LogP contribution is 2.29. The predicted octanol–water partition coefficient (Wildman–Crippen LogP) is 6.48. The highest BCUT2D eigenvalue weighted by Gasteiger charge is 2.10. The molecule has 6 heteroatoms. The molecule has 3 aromatic rings. The maximum atomic E-state index is 14.6. The number of hydrogen-bond donors (Lipinski definition) is 0. The molecule has 33 heavy (non-hydrogen) atoms. The van der Waals surface area contributed by atoms with Crippen molar-refractivity contribution in [2.45, 2.75) is 46.3 Å². The molecule has 0 aliphatic rings. The first-order valence-electron chi connectivity index (χ1n) is 11.0. The zero-order valence-corrected chi connectivity index (χ0v) is 19.2. The molecule has 0 atom stereocenters. The first-order chi connectivity index (χ1) is 15.9. The molecule has 0 heterocycles. The minimum absolute atomic E-state index is 0.00894. The van der Waals surface area contributed by atoms with Crippen LogP contribution in [0.3, 0.4) is 0 Å². The number of esters is 1.